The standard InChI is InChI=1S/C28H31ClN2O3S/c1-3-26(23-15-14-21-9-7-8-10-22(21)17-23)30-28(32)19-31(27-18-24(29)16-13-20(27)2)35(33,34)25-11-5-4-6-12-25/h4-6,11-18,26H,3,7-10,19H2,1-2H3,(H,30,32)/t26-/m0/s1. The molecule has 1 N–H and O–H groups in total. The van der Waals surface area contributed by atoms with Crippen molar-refractivity contribution >= 4 is 33.2 Å². The predicted molar refractivity (Wildman–Crippen MR) is 141 cm³/mol. The minimum Gasteiger partial charge on any atom is -0.348 e. The lowest BCUT2D eigenvalue weighted by atomic mass is 9.89. The van der Waals surface area contributed by atoms with Gasteiger partial charge in [0, 0.05) is 5.02 Å². The van der Waals surface area contributed by atoms with Crippen LogP contribution in [0.15, 0.2) is 71.6 Å². The second-order valence-electron chi connectivity index (χ2n) is 9.02. The number of benzene rings is 3. The predicted octanol–water partition coefficient (Wildman–Crippen LogP) is 5.99. The van der Waals surface area contributed by atoms with Crippen molar-refractivity contribution in [2.24, 2.45) is 0 Å². The quantitative estimate of drug-likeness (QED) is 0.404. The first-order valence-electron chi connectivity index (χ1n) is 12.0. The van der Waals surface area contributed by atoms with Gasteiger partial charge >= 0.3 is 0 Å². The first kappa shape index (κ1) is 25.3. The third-order valence-electron chi connectivity index (χ3n) is 6.58. The summed E-state index contributed by atoms with van der Waals surface area (Å²) in [5.41, 5.74) is 4.89. The van der Waals surface area contributed by atoms with Gasteiger partial charge in [-0.1, -0.05) is 61.0 Å². The maximum Gasteiger partial charge on any atom is 0.264 e. The minimum absolute atomic E-state index is 0.119. The SMILES string of the molecule is CC[C@H](NC(=O)CN(c1cc(Cl)ccc1C)S(=O)(=O)c1ccccc1)c1ccc2c(c1)CCCC2. The fourth-order valence-corrected chi connectivity index (χ4v) is 6.30. The number of hydrogen-bond donors (Lipinski definition) is 1. The summed E-state index contributed by atoms with van der Waals surface area (Å²) in [6.45, 7) is 3.48. The zero-order chi connectivity index (χ0) is 25.0. The van der Waals surface area contributed by atoms with Crippen LogP contribution in [0, 0.1) is 6.92 Å². The molecular formula is C28H31ClN2O3S. The number of nitrogens with zero attached hydrogens (tertiary/aromatic N) is 1. The van der Waals surface area contributed by atoms with Gasteiger partial charge in [0.2, 0.25) is 5.91 Å². The molecule has 4 rings (SSSR count). The fraction of sp³-hybridized carbons (Fsp3) is 0.321. The Hall–Kier alpha value is -2.83. The van der Waals surface area contributed by atoms with Crippen LogP contribution in [0.25, 0.3) is 0 Å². The van der Waals surface area contributed by atoms with E-state index in [1.165, 1.54) is 36.1 Å². The highest BCUT2D eigenvalue weighted by molar-refractivity contribution is 7.92. The van der Waals surface area contributed by atoms with Crippen LogP contribution in [-0.2, 0) is 27.7 Å². The second kappa shape index (κ2) is 10.8. The van der Waals surface area contributed by atoms with Crippen LogP contribution in [0.2, 0.25) is 5.02 Å². The lowest BCUT2D eigenvalue weighted by molar-refractivity contribution is -0.120. The molecule has 7 heteroatoms. The normalized spacial score (nSPS) is 14.1. The first-order chi connectivity index (χ1) is 16.8. The Balaban J connectivity index is 1.62. The summed E-state index contributed by atoms with van der Waals surface area (Å²) in [5, 5.41) is 3.47. The van der Waals surface area contributed by atoms with E-state index in [2.05, 4.69) is 23.5 Å². The van der Waals surface area contributed by atoms with Gasteiger partial charge in [0.1, 0.15) is 6.54 Å². The molecule has 3 aromatic rings. The van der Waals surface area contributed by atoms with Crippen LogP contribution in [0.5, 0.6) is 0 Å². The summed E-state index contributed by atoms with van der Waals surface area (Å²) in [6.07, 6.45) is 5.26. The molecule has 0 fully saturated rings. The maximum absolute atomic E-state index is 13.6. The minimum atomic E-state index is -3.99. The topological polar surface area (TPSA) is 66.5 Å². The molecular weight excluding hydrogens is 480 g/mol. The van der Waals surface area contributed by atoms with Gasteiger partial charge in [-0.15, -0.1) is 0 Å². The molecule has 3 aromatic carbocycles. The van der Waals surface area contributed by atoms with Crippen molar-refractivity contribution in [3.8, 4) is 0 Å². The molecule has 0 aromatic heterocycles. The van der Waals surface area contributed by atoms with E-state index in [0.29, 0.717) is 22.7 Å². The zero-order valence-corrected chi connectivity index (χ0v) is 21.7. The number of carbonyl (C=O) groups is 1. The van der Waals surface area contributed by atoms with Crippen LogP contribution < -0.4 is 9.62 Å². The number of halogens is 1. The van der Waals surface area contributed by atoms with Gasteiger partial charge in [-0.05, 0) is 85.5 Å². The molecule has 0 saturated carbocycles. The molecule has 0 aliphatic heterocycles. The Labute approximate surface area is 213 Å². The van der Waals surface area contributed by atoms with E-state index in [-0.39, 0.29) is 23.4 Å². The first-order valence-corrected chi connectivity index (χ1v) is 13.9. The number of nitrogens with one attached hydrogen (secondary N) is 1. The van der Waals surface area contributed by atoms with Crippen molar-refractivity contribution in [3.63, 3.8) is 0 Å². The molecule has 0 spiro atoms. The average Bonchev–Trinajstić information content (AvgIpc) is 2.87. The van der Waals surface area contributed by atoms with Gasteiger partial charge in [0.25, 0.3) is 10.0 Å². The van der Waals surface area contributed by atoms with Gasteiger partial charge in [-0.25, -0.2) is 8.42 Å². The molecule has 0 saturated heterocycles. The van der Waals surface area contributed by atoms with Gasteiger partial charge in [-0.3, -0.25) is 9.10 Å². The van der Waals surface area contributed by atoms with E-state index < -0.39 is 10.0 Å². The molecule has 184 valence electrons. The van der Waals surface area contributed by atoms with E-state index in [9.17, 15) is 13.2 Å². The summed E-state index contributed by atoms with van der Waals surface area (Å²) in [4.78, 5) is 13.4. The second-order valence-corrected chi connectivity index (χ2v) is 11.3. The number of anilines is 1. The highest BCUT2D eigenvalue weighted by atomic mass is 35.5. The Bertz CT molecular complexity index is 1310. The van der Waals surface area contributed by atoms with Crippen molar-refractivity contribution < 1.29 is 13.2 Å². The van der Waals surface area contributed by atoms with Gasteiger partial charge < -0.3 is 5.32 Å². The molecule has 1 aliphatic carbocycles. The molecule has 5 nitrogen and oxygen atoms in total. The number of fused-ring (bicyclic) bond motifs is 1. The summed E-state index contributed by atoms with van der Waals surface area (Å²) < 4.78 is 28.4. The number of hydrogen-bond acceptors (Lipinski definition) is 3. The number of rotatable bonds is 8. The molecule has 0 heterocycles. The van der Waals surface area contributed by atoms with Crippen LogP contribution >= 0.6 is 11.6 Å². The van der Waals surface area contributed by atoms with E-state index in [0.717, 1.165) is 22.7 Å². The van der Waals surface area contributed by atoms with Gasteiger partial charge in [0.05, 0.1) is 16.6 Å². The summed E-state index contributed by atoms with van der Waals surface area (Å²) in [7, 11) is -3.99. The van der Waals surface area contributed by atoms with Crippen molar-refractivity contribution in [2.45, 2.75) is 56.9 Å². The molecule has 0 bridgehead atoms. The zero-order valence-electron chi connectivity index (χ0n) is 20.1. The van der Waals surface area contributed by atoms with Crippen molar-refractivity contribution in [1.82, 2.24) is 5.32 Å². The number of aryl methyl sites for hydroxylation is 3. The van der Waals surface area contributed by atoms with Crippen LogP contribution in [0.4, 0.5) is 5.69 Å². The van der Waals surface area contributed by atoms with Crippen molar-refractivity contribution in [2.75, 3.05) is 10.8 Å². The van der Waals surface area contributed by atoms with Gasteiger partial charge in [-0.2, -0.15) is 0 Å². The van der Waals surface area contributed by atoms with E-state index in [1.807, 2.05) is 6.92 Å². The van der Waals surface area contributed by atoms with E-state index in [1.54, 1.807) is 43.3 Å². The third-order valence-corrected chi connectivity index (χ3v) is 8.59. The van der Waals surface area contributed by atoms with Crippen LogP contribution in [-0.4, -0.2) is 20.9 Å². The van der Waals surface area contributed by atoms with E-state index in [4.69, 9.17) is 11.6 Å². The lowest BCUT2D eigenvalue weighted by Gasteiger charge is -2.27. The van der Waals surface area contributed by atoms with Gasteiger partial charge in [0.15, 0.2) is 0 Å². The lowest BCUT2D eigenvalue weighted by Crippen LogP contribution is -2.42. The number of carbonyl (C=O) groups excluding carboxylic acids is 1. The Morgan fingerprint density at radius 3 is 2.43 bits per heavy atom. The van der Waals surface area contributed by atoms with Crippen molar-refractivity contribution in [3.05, 3.63) is 94.0 Å². The smallest absolute Gasteiger partial charge is 0.264 e. The Morgan fingerprint density at radius 2 is 1.71 bits per heavy atom. The highest BCUT2D eigenvalue weighted by Crippen LogP contribution is 2.30. The molecule has 1 amide bonds. The monoisotopic (exact) mass is 510 g/mol. The number of sulfonamides is 1. The third kappa shape index (κ3) is 5.71. The molecule has 1 aliphatic rings. The Kier molecular flexibility index (Phi) is 7.82. The molecule has 0 unspecified atom stereocenters. The van der Waals surface area contributed by atoms with Crippen LogP contribution in [0.1, 0.15) is 54.5 Å². The van der Waals surface area contributed by atoms with E-state index >= 15 is 0 Å². The maximum atomic E-state index is 13.6. The summed E-state index contributed by atoms with van der Waals surface area (Å²) in [5.74, 6) is -0.367. The molecule has 0 radical (unpaired) electrons. The number of amides is 1. The summed E-state index contributed by atoms with van der Waals surface area (Å²) >= 11 is 6.22. The largest absolute Gasteiger partial charge is 0.348 e. The molecule has 1 atom stereocenters. The van der Waals surface area contributed by atoms with Crippen molar-refractivity contribution in [1.29, 1.82) is 0 Å². The highest BCUT2D eigenvalue weighted by Gasteiger charge is 2.29. The van der Waals surface area contributed by atoms with Crippen LogP contribution in [0.3, 0.4) is 0 Å². The Morgan fingerprint density at radius 1 is 1.00 bits per heavy atom. The summed E-state index contributed by atoms with van der Waals surface area (Å²) in [6, 6.07) is 19.4. The fourth-order valence-electron chi connectivity index (χ4n) is 4.63. The molecule has 35 heavy (non-hydrogen) atoms. The average molecular weight is 511 g/mol.